The number of carbonyl (C=O) groups excluding carboxylic acids is 4. The third kappa shape index (κ3) is 4.30. The van der Waals surface area contributed by atoms with Crippen LogP contribution in [0.5, 0.6) is 0 Å². The van der Waals surface area contributed by atoms with Crippen molar-refractivity contribution in [1.82, 2.24) is 0 Å². The topological polar surface area (TPSA) is 125 Å². The normalized spacial score (nSPS) is 34.1. The molecule has 0 aromatic rings. The number of cyclic esters (lactones) is 1. The molecule has 0 radical (unpaired) electrons. The van der Waals surface area contributed by atoms with Crippen molar-refractivity contribution in [3.63, 3.8) is 0 Å². The molecule has 2 heterocycles. The lowest BCUT2D eigenvalue weighted by Gasteiger charge is -2.42. The van der Waals surface area contributed by atoms with Crippen LogP contribution in [-0.2, 0) is 38.1 Å². The number of aliphatic hydroxyl groups is 1. The molecule has 6 atom stereocenters. The molecule has 1 N–H and O–H groups in total. The first-order valence-electron chi connectivity index (χ1n) is 9.32. The van der Waals surface area contributed by atoms with Crippen LogP contribution in [0.15, 0.2) is 36.0 Å². The number of aliphatic hydroxyl groups excluding tert-OH is 1. The molecular weight excluding hydrogens is 396 g/mol. The first-order valence-corrected chi connectivity index (χ1v) is 9.32. The minimum Gasteiger partial charge on any atom is -0.454 e. The number of esters is 4. The maximum Gasteiger partial charge on any atom is 0.334 e. The van der Waals surface area contributed by atoms with E-state index in [1.165, 1.54) is 33.8 Å². The van der Waals surface area contributed by atoms with Gasteiger partial charge in [-0.2, -0.15) is 0 Å². The standard InChI is InChI=1S/C21H26O9/c1-9(2)18(24)29-16-15-11(4)20(26)28-14(15)8-10(3)19(25)30-21(7,12(5)22)17(16)27-13(6)23/h8,12,14-17,22H,1,4H2,2-3,5-7H3/b10-8-/t12-,14+,15-,16-,17-,21-/m0/s1. The van der Waals surface area contributed by atoms with Crippen LogP contribution in [0.4, 0.5) is 0 Å². The summed E-state index contributed by atoms with van der Waals surface area (Å²) in [5, 5.41) is 10.5. The van der Waals surface area contributed by atoms with Gasteiger partial charge in [-0.25, -0.2) is 14.4 Å². The van der Waals surface area contributed by atoms with Gasteiger partial charge in [-0.05, 0) is 33.8 Å². The Kier molecular flexibility index (Phi) is 6.56. The highest BCUT2D eigenvalue weighted by Gasteiger charge is 2.57. The van der Waals surface area contributed by atoms with Crippen LogP contribution in [-0.4, -0.2) is 59.0 Å². The van der Waals surface area contributed by atoms with Crippen molar-refractivity contribution in [2.24, 2.45) is 5.92 Å². The van der Waals surface area contributed by atoms with Crippen molar-refractivity contribution in [2.75, 3.05) is 0 Å². The minimum absolute atomic E-state index is 0.0389. The number of fused-ring (bicyclic) bond motifs is 1. The van der Waals surface area contributed by atoms with Crippen molar-refractivity contribution >= 4 is 23.9 Å². The fourth-order valence-corrected chi connectivity index (χ4v) is 3.34. The molecule has 1 saturated heterocycles. The van der Waals surface area contributed by atoms with Crippen LogP contribution in [0.25, 0.3) is 0 Å². The van der Waals surface area contributed by atoms with E-state index >= 15 is 0 Å². The highest BCUT2D eigenvalue weighted by molar-refractivity contribution is 5.93. The van der Waals surface area contributed by atoms with E-state index in [2.05, 4.69) is 13.2 Å². The van der Waals surface area contributed by atoms with Crippen LogP contribution in [0.2, 0.25) is 0 Å². The lowest BCUT2D eigenvalue weighted by Crippen LogP contribution is -2.60. The Morgan fingerprint density at radius 3 is 2.33 bits per heavy atom. The monoisotopic (exact) mass is 422 g/mol. The minimum atomic E-state index is -1.83. The Bertz CT molecular complexity index is 837. The fraction of sp³-hybridized carbons (Fsp3) is 0.524. The van der Waals surface area contributed by atoms with Crippen LogP contribution < -0.4 is 0 Å². The summed E-state index contributed by atoms with van der Waals surface area (Å²) in [5.41, 5.74) is -1.74. The van der Waals surface area contributed by atoms with Crippen LogP contribution in [0.1, 0.15) is 34.6 Å². The lowest BCUT2D eigenvalue weighted by molar-refractivity contribution is -0.220. The van der Waals surface area contributed by atoms with Gasteiger partial charge in [-0.15, -0.1) is 0 Å². The van der Waals surface area contributed by atoms with Gasteiger partial charge in [0.15, 0.2) is 17.8 Å². The van der Waals surface area contributed by atoms with Gasteiger partial charge < -0.3 is 24.1 Å². The Morgan fingerprint density at radius 2 is 1.83 bits per heavy atom. The summed E-state index contributed by atoms with van der Waals surface area (Å²) in [5.74, 6) is -4.19. The molecule has 0 unspecified atom stereocenters. The van der Waals surface area contributed by atoms with Crippen molar-refractivity contribution in [3.05, 3.63) is 36.0 Å². The van der Waals surface area contributed by atoms with Crippen molar-refractivity contribution in [2.45, 2.75) is 64.6 Å². The summed E-state index contributed by atoms with van der Waals surface area (Å²) < 4.78 is 21.8. The smallest absolute Gasteiger partial charge is 0.334 e. The molecule has 0 amide bonds. The number of ether oxygens (including phenoxy) is 4. The molecule has 2 rings (SSSR count). The molecule has 1 fully saturated rings. The quantitative estimate of drug-likeness (QED) is 0.403. The van der Waals surface area contributed by atoms with E-state index in [1.807, 2.05) is 0 Å². The van der Waals surface area contributed by atoms with E-state index in [-0.39, 0.29) is 16.7 Å². The molecular formula is C21H26O9. The summed E-state index contributed by atoms with van der Waals surface area (Å²) in [6, 6.07) is 0. The van der Waals surface area contributed by atoms with Gasteiger partial charge in [0.25, 0.3) is 0 Å². The molecule has 0 aromatic heterocycles. The van der Waals surface area contributed by atoms with E-state index in [0.717, 1.165) is 6.92 Å². The van der Waals surface area contributed by atoms with Crippen LogP contribution in [0.3, 0.4) is 0 Å². The maximum atomic E-state index is 12.6. The molecule has 9 heteroatoms. The Morgan fingerprint density at radius 1 is 1.23 bits per heavy atom. The Labute approximate surface area is 174 Å². The average Bonchev–Trinajstić information content (AvgIpc) is 2.91. The van der Waals surface area contributed by atoms with E-state index < -0.39 is 59.8 Å². The predicted molar refractivity (Wildman–Crippen MR) is 103 cm³/mol. The van der Waals surface area contributed by atoms with E-state index in [9.17, 15) is 24.3 Å². The van der Waals surface area contributed by atoms with E-state index in [4.69, 9.17) is 18.9 Å². The summed E-state index contributed by atoms with van der Waals surface area (Å²) in [4.78, 5) is 49.2. The van der Waals surface area contributed by atoms with Gasteiger partial charge in [0, 0.05) is 23.6 Å². The first kappa shape index (κ1) is 23.3. The summed E-state index contributed by atoms with van der Waals surface area (Å²) in [7, 11) is 0. The second-order valence-corrected chi connectivity index (χ2v) is 7.70. The number of hydrogen-bond acceptors (Lipinski definition) is 9. The zero-order valence-electron chi connectivity index (χ0n) is 17.6. The molecule has 164 valence electrons. The molecule has 2 aliphatic heterocycles. The van der Waals surface area contributed by atoms with Crippen LogP contribution >= 0.6 is 0 Å². The van der Waals surface area contributed by atoms with Gasteiger partial charge in [0.1, 0.15) is 6.10 Å². The Balaban J connectivity index is 2.76. The zero-order valence-corrected chi connectivity index (χ0v) is 17.6. The molecule has 0 bridgehead atoms. The van der Waals surface area contributed by atoms with Gasteiger partial charge in [-0.3, -0.25) is 4.79 Å². The number of rotatable bonds is 4. The van der Waals surface area contributed by atoms with E-state index in [0.29, 0.717) is 0 Å². The summed E-state index contributed by atoms with van der Waals surface area (Å²) >= 11 is 0. The number of carbonyl (C=O) groups is 4. The van der Waals surface area contributed by atoms with Gasteiger partial charge >= 0.3 is 23.9 Å². The second kappa shape index (κ2) is 8.43. The molecule has 2 aliphatic rings. The second-order valence-electron chi connectivity index (χ2n) is 7.70. The average molecular weight is 422 g/mol. The van der Waals surface area contributed by atoms with Gasteiger partial charge in [-0.1, -0.05) is 13.2 Å². The maximum absolute atomic E-state index is 12.6. The first-order chi connectivity index (χ1) is 13.8. The molecule has 30 heavy (non-hydrogen) atoms. The zero-order chi connectivity index (χ0) is 23.0. The molecule has 9 nitrogen and oxygen atoms in total. The molecule has 0 aromatic carbocycles. The number of hydrogen-bond donors (Lipinski definition) is 1. The molecule has 0 aliphatic carbocycles. The lowest BCUT2D eigenvalue weighted by atomic mass is 9.80. The van der Waals surface area contributed by atoms with Gasteiger partial charge in [0.05, 0.1) is 12.0 Å². The van der Waals surface area contributed by atoms with Crippen molar-refractivity contribution in [3.8, 4) is 0 Å². The highest BCUT2D eigenvalue weighted by atomic mass is 16.6. The highest BCUT2D eigenvalue weighted by Crippen LogP contribution is 2.40. The SMILES string of the molecule is C=C(C)C(=O)O[C@H]1[C@H]2C(=C)C(=O)O[C@@H]2/C=C(/C)C(=O)O[C@@](C)([C@H](C)O)[C@H]1OC(C)=O. The van der Waals surface area contributed by atoms with E-state index in [1.54, 1.807) is 0 Å². The largest absolute Gasteiger partial charge is 0.454 e. The Hall–Kier alpha value is -2.94. The fourth-order valence-electron chi connectivity index (χ4n) is 3.34. The van der Waals surface area contributed by atoms with Crippen LogP contribution in [0, 0.1) is 5.92 Å². The third-order valence-electron chi connectivity index (χ3n) is 5.24. The van der Waals surface area contributed by atoms with Gasteiger partial charge in [0.2, 0.25) is 0 Å². The summed E-state index contributed by atoms with van der Waals surface area (Å²) in [6.07, 6.45) is -3.90. The summed E-state index contributed by atoms with van der Waals surface area (Å²) in [6.45, 7) is 13.9. The van der Waals surface area contributed by atoms with Crippen molar-refractivity contribution in [1.29, 1.82) is 0 Å². The molecule has 0 saturated carbocycles. The molecule has 0 spiro atoms. The predicted octanol–water partition coefficient (Wildman–Crippen LogP) is 1.15. The van der Waals surface area contributed by atoms with Crippen molar-refractivity contribution < 1.29 is 43.2 Å². The third-order valence-corrected chi connectivity index (χ3v) is 5.24.